The lowest BCUT2D eigenvalue weighted by Crippen LogP contribution is -2.06. The first kappa shape index (κ1) is 21.4. The zero-order valence-electron chi connectivity index (χ0n) is 17.1. The summed E-state index contributed by atoms with van der Waals surface area (Å²) < 4.78 is 31.1. The lowest BCUT2D eigenvalue weighted by Gasteiger charge is -2.17. The Morgan fingerprint density at radius 3 is 2.47 bits per heavy atom. The van der Waals surface area contributed by atoms with Crippen molar-refractivity contribution in [2.24, 2.45) is 0 Å². The summed E-state index contributed by atoms with van der Waals surface area (Å²) in [6.07, 6.45) is 0.270. The lowest BCUT2D eigenvalue weighted by molar-refractivity contribution is -0.143. The van der Waals surface area contributed by atoms with Crippen molar-refractivity contribution >= 4 is 5.97 Å². The van der Waals surface area contributed by atoms with E-state index < -0.39 is 5.82 Å². The molecular weight excluding hydrogens is 383 g/mol. The third-order valence-corrected chi connectivity index (χ3v) is 4.53. The van der Waals surface area contributed by atoms with E-state index in [1.807, 2.05) is 61.5 Å². The van der Waals surface area contributed by atoms with Crippen LogP contribution in [0.25, 0.3) is 0 Å². The fourth-order valence-corrected chi connectivity index (χ4v) is 2.99. The average Bonchev–Trinajstić information content (AvgIpc) is 2.75. The average molecular weight is 408 g/mol. The zero-order chi connectivity index (χ0) is 21.3. The molecule has 0 aliphatic carbocycles. The van der Waals surface area contributed by atoms with Gasteiger partial charge in [-0.1, -0.05) is 36.4 Å². The van der Waals surface area contributed by atoms with Crippen LogP contribution < -0.4 is 9.47 Å². The van der Waals surface area contributed by atoms with Gasteiger partial charge in [0, 0.05) is 6.42 Å². The van der Waals surface area contributed by atoms with E-state index in [1.165, 1.54) is 6.07 Å². The largest absolute Gasteiger partial charge is 0.483 e. The number of esters is 1. The van der Waals surface area contributed by atoms with E-state index in [0.717, 1.165) is 16.9 Å². The highest BCUT2D eigenvalue weighted by Gasteiger charge is 2.13. The van der Waals surface area contributed by atoms with Gasteiger partial charge in [-0.15, -0.1) is 0 Å². The Morgan fingerprint density at radius 2 is 1.73 bits per heavy atom. The summed E-state index contributed by atoms with van der Waals surface area (Å²) in [6, 6.07) is 21.8. The number of rotatable bonds is 9. The minimum atomic E-state index is -0.458. The highest BCUT2D eigenvalue weighted by molar-refractivity contribution is 5.69. The molecule has 0 saturated heterocycles. The van der Waals surface area contributed by atoms with Crippen LogP contribution in [-0.4, -0.2) is 12.6 Å². The molecule has 0 bridgehead atoms. The van der Waals surface area contributed by atoms with Gasteiger partial charge in [0.25, 0.3) is 0 Å². The molecule has 0 heterocycles. The maximum atomic E-state index is 14.5. The van der Waals surface area contributed by atoms with Crippen LogP contribution in [0.3, 0.4) is 0 Å². The van der Waals surface area contributed by atoms with Gasteiger partial charge in [0.1, 0.15) is 17.6 Å². The minimum Gasteiger partial charge on any atom is -0.483 e. The molecule has 3 aromatic rings. The van der Waals surface area contributed by atoms with Gasteiger partial charge in [-0.2, -0.15) is 0 Å². The maximum Gasteiger partial charge on any atom is 0.306 e. The third-order valence-electron chi connectivity index (χ3n) is 4.53. The Morgan fingerprint density at radius 1 is 0.967 bits per heavy atom. The molecule has 4 nitrogen and oxygen atoms in total. The molecule has 5 heteroatoms. The number of halogens is 1. The van der Waals surface area contributed by atoms with Gasteiger partial charge in [-0.05, 0) is 67.8 Å². The normalized spacial score (nSPS) is 11.6. The monoisotopic (exact) mass is 408 g/mol. The molecule has 156 valence electrons. The molecule has 0 aliphatic heterocycles. The second-order valence-electron chi connectivity index (χ2n) is 6.82. The number of para-hydroxylation sites is 1. The van der Waals surface area contributed by atoms with Crippen LogP contribution in [0.15, 0.2) is 72.8 Å². The van der Waals surface area contributed by atoms with Crippen LogP contribution in [0.2, 0.25) is 0 Å². The smallest absolute Gasteiger partial charge is 0.306 e. The Bertz CT molecular complexity index is 972. The summed E-state index contributed by atoms with van der Waals surface area (Å²) in [7, 11) is 0. The highest BCUT2D eigenvalue weighted by Crippen LogP contribution is 2.29. The fraction of sp³-hybridized carbons (Fsp3) is 0.240. The summed E-state index contributed by atoms with van der Waals surface area (Å²) in [5, 5.41) is 0. The van der Waals surface area contributed by atoms with Crippen LogP contribution in [0, 0.1) is 5.82 Å². The molecule has 0 amide bonds. The van der Waals surface area contributed by atoms with Crippen molar-refractivity contribution < 1.29 is 23.4 Å². The second kappa shape index (κ2) is 10.4. The number of benzene rings is 3. The molecule has 0 N–H and O–H groups in total. The SMILES string of the molecule is CCOC(=O)CCc1ccc(OC(C)c2cccc(Oc3ccccc3)c2)c(F)c1. The standard InChI is InChI=1S/C25H25FO4/c1-3-28-25(27)15-13-19-12-14-24(23(26)16-19)29-18(2)20-8-7-11-22(17-20)30-21-9-5-4-6-10-21/h4-12,14,16-18H,3,13,15H2,1-2H3. The first-order valence-electron chi connectivity index (χ1n) is 9.98. The van der Waals surface area contributed by atoms with E-state index in [9.17, 15) is 9.18 Å². The lowest BCUT2D eigenvalue weighted by atomic mass is 10.1. The molecule has 1 unspecified atom stereocenters. The quantitative estimate of drug-likeness (QED) is 0.392. The van der Waals surface area contributed by atoms with Crippen molar-refractivity contribution in [1.29, 1.82) is 0 Å². The Kier molecular flexibility index (Phi) is 7.44. The third kappa shape index (κ3) is 6.08. The van der Waals surface area contributed by atoms with E-state index in [0.29, 0.717) is 18.8 Å². The van der Waals surface area contributed by atoms with Crippen LogP contribution >= 0.6 is 0 Å². The Hall–Kier alpha value is -3.34. The topological polar surface area (TPSA) is 44.8 Å². The minimum absolute atomic E-state index is 0.164. The molecular formula is C25H25FO4. The van der Waals surface area contributed by atoms with Crippen LogP contribution in [0.5, 0.6) is 17.2 Å². The molecule has 3 rings (SSSR count). The molecule has 0 spiro atoms. The molecule has 30 heavy (non-hydrogen) atoms. The number of hydrogen-bond acceptors (Lipinski definition) is 4. The number of carbonyl (C=O) groups is 1. The van der Waals surface area contributed by atoms with E-state index in [1.54, 1.807) is 19.1 Å². The van der Waals surface area contributed by atoms with E-state index in [4.69, 9.17) is 14.2 Å². The first-order valence-corrected chi connectivity index (χ1v) is 9.98. The Balaban J connectivity index is 1.63. The van der Waals surface area contributed by atoms with Gasteiger partial charge < -0.3 is 14.2 Å². The molecule has 0 fully saturated rings. The number of carbonyl (C=O) groups excluding carboxylic acids is 1. The highest BCUT2D eigenvalue weighted by atomic mass is 19.1. The maximum absolute atomic E-state index is 14.5. The summed E-state index contributed by atoms with van der Waals surface area (Å²) in [5.74, 6) is 0.845. The van der Waals surface area contributed by atoms with Gasteiger partial charge in [0.15, 0.2) is 11.6 Å². The molecule has 3 aromatic carbocycles. The van der Waals surface area contributed by atoms with Crippen molar-refractivity contribution in [2.45, 2.75) is 32.8 Å². The van der Waals surface area contributed by atoms with Crippen molar-refractivity contribution in [1.82, 2.24) is 0 Å². The van der Waals surface area contributed by atoms with Crippen molar-refractivity contribution in [2.75, 3.05) is 6.61 Å². The first-order chi connectivity index (χ1) is 14.5. The van der Waals surface area contributed by atoms with Crippen LogP contribution in [0.4, 0.5) is 4.39 Å². The van der Waals surface area contributed by atoms with E-state index >= 15 is 0 Å². The van der Waals surface area contributed by atoms with Crippen LogP contribution in [0.1, 0.15) is 37.5 Å². The summed E-state index contributed by atoms with van der Waals surface area (Å²) in [6.45, 7) is 3.96. The van der Waals surface area contributed by atoms with Gasteiger partial charge in [-0.3, -0.25) is 4.79 Å². The fourth-order valence-electron chi connectivity index (χ4n) is 2.99. The molecule has 0 aliphatic rings. The van der Waals surface area contributed by atoms with Gasteiger partial charge in [-0.25, -0.2) is 4.39 Å². The van der Waals surface area contributed by atoms with Gasteiger partial charge in [0.2, 0.25) is 0 Å². The number of ether oxygens (including phenoxy) is 3. The van der Waals surface area contributed by atoms with Gasteiger partial charge >= 0.3 is 5.97 Å². The summed E-state index contributed by atoms with van der Waals surface area (Å²) in [5.41, 5.74) is 1.59. The van der Waals surface area contributed by atoms with Crippen molar-refractivity contribution in [3.05, 3.63) is 89.7 Å². The molecule has 0 aromatic heterocycles. The van der Waals surface area contributed by atoms with E-state index in [2.05, 4.69) is 0 Å². The van der Waals surface area contributed by atoms with E-state index in [-0.39, 0.29) is 24.2 Å². The number of hydrogen-bond donors (Lipinski definition) is 0. The predicted molar refractivity (Wildman–Crippen MR) is 113 cm³/mol. The predicted octanol–water partition coefficient (Wildman–Crippen LogP) is 6.25. The molecule has 0 radical (unpaired) electrons. The molecule has 1 atom stereocenters. The number of aryl methyl sites for hydroxylation is 1. The summed E-state index contributed by atoms with van der Waals surface area (Å²) in [4.78, 5) is 11.5. The van der Waals surface area contributed by atoms with Crippen molar-refractivity contribution in [3.63, 3.8) is 0 Å². The Labute approximate surface area is 176 Å². The van der Waals surface area contributed by atoms with Crippen LogP contribution in [-0.2, 0) is 16.0 Å². The summed E-state index contributed by atoms with van der Waals surface area (Å²) >= 11 is 0. The zero-order valence-corrected chi connectivity index (χ0v) is 17.1. The van der Waals surface area contributed by atoms with Gasteiger partial charge in [0.05, 0.1) is 6.61 Å². The molecule has 0 saturated carbocycles. The second-order valence-corrected chi connectivity index (χ2v) is 6.82. The van der Waals surface area contributed by atoms with Crippen molar-refractivity contribution in [3.8, 4) is 17.2 Å².